The maximum atomic E-state index is 12.6. The van der Waals surface area contributed by atoms with Gasteiger partial charge in [0, 0.05) is 12.5 Å². The first-order valence-corrected chi connectivity index (χ1v) is 8.55. The van der Waals surface area contributed by atoms with Gasteiger partial charge in [0.05, 0.1) is 12.7 Å². The van der Waals surface area contributed by atoms with Crippen molar-refractivity contribution in [2.75, 3.05) is 13.7 Å². The maximum absolute atomic E-state index is 12.6. The van der Waals surface area contributed by atoms with Crippen molar-refractivity contribution >= 4 is 5.91 Å². The summed E-state index contributed by atoms with van der Waals surface area (Å²) in [6.45, 7) is 0.784. The summed E-state index contributed by atoms with van der Waals surface area (Å²) in [6.07, 6.45) is 5.05. The van der Waals surface area contributed by atoms with Gasteiger partial charge in [-0.3, -0.25) is 4.79 Å². The number of carbonyl (C=O) groups excluding carboxylic acids is 1. The lowest BCUT2D eigenvalue weighted by Crippen LogP contribution is -2.38. The van der Waals surface area contributed by atoms with Gasteiger partial charge in [0.2, 0.25) is 17.6 Å². The molecule has 0 N–H and O–H groups in total. The molecule has 0 radical (unpaired) electrons. The summed E-state index contributed by atoms with van der Waals surface area (Å²) in [5.74, 6) is 2.19. The molecule has 1 amide bonds. The molecular formula is C18H21N3O3. The number of aromatic nitrogens is 2. The first kappa shape index (κ1) is 15.2. The fourth-order valence-electron chi connectivity index (χ4n) is 3.49. The number of rotatable bonds is 4. The van der Waals surface area contributed by atoms with Gasteiger partial charge >= 0.3 is 0 Å². The van der Waals surface area contributed by atoms with Crippen molar-refractivity contribution in [2.45, 2.75) is 38.1 Å². The number of hydrogen-bond acceptors (Lipinski definition) is 5. The van der Waals surface area contributed by atoms with Crippen molar-refractivity contribution in [1.29, 1.82) is 0 Å². The van der Waals surface area contributed by atoms with Crippen LogP contribution in [0.25, 0.3) is 11.4 Å². The Balaban J connectivity index is 1.58. The average molecular weight is 327 g/mol. The van der Waals surface area contributed by atoms with E-state index >= 15 is 0 Å². The minimum absolute atomic E-state index is 0.0888. The van der Waals surface area contributed by atoms with Crippen LogP contribution < -0.4 is 4.74 Å². The monoisotopic (exact) mass is 327 g/mol. The van der Waals surface area contributed by atoms with Crippen LogP contribution in [0.15, 0.2) is 28.8 Å². The van der Waals surface area contributed by atoms with E-state index in [0.29, 0.717) is 17.5 Å². The highest BCUT2D eigenvalue weighted by Crippen LogP contribution is 2.37. The van der Waals surface area contributed by atoms with E-state index in [4.69, 9.17) is 9.26 Å². The molecule has 1 saturated carbocycles. The van der Waals surface area contributed by atoms with Crippen molar-refractivity contribution in [3.8, 4) is 17.1 Å². The average Bonchev–Trinajstić information content (AvgIpc) is 3.22. The van der Waals surface area contributed by atoms with E-state index < -0.39 is 0 Å². The van der Waals surface area contributed by atoms with E-state index in [2.05, 4.69) is 10.1 Å². The summed E-state index contributed by atoms with van der Waals surface area (Å²) >= 11 is 0. The van der Waals surface area contributed by atoms with Crippen molar-refractivity contribution < 1.29 is 14.1 Å². The largest absolute Gasteiger partial charge is 0.496 e. The van der Waals surface area contributed by atoms with Crippen LogP contribution in [0.3, 0.4) is 0 Å². The minimum Gasteiger partial charge on any atom is -0.496 e. The highest BCUT2D eigenvalue weighted by atomic mass is 16.5. The van der Waals surface area contributed by atoms with Crippen molar-refractivity contribution in [2.24, 2.45) is 5.92 Å². The maximum Gasteiger partial charge on any atom is 0.249 e. The van der Waals surface area contributed by atoms with Gasteiger partial charge in [-0.05, 0) is 37.8 Å². The summed E-state index contributed by atoms with van der Waals surface area (Å²) in [7, 11) is 1.62. The number of ether oxygens (including phenoxy) is 1. The second kappa shape index (κ2) is 6.26. The summed E-state index contributed by atoms with van der Waals surface area (Å²) in [5, 5.41) is 4.11. The number of amides is 1. The molecule has 2 heterocycles. The molecule has 1 atom stereocenters. The lowest BCUT2D eigenvalue weighted by molar-refractivity contribution is -0.139. The molecule has 0 unspecified atom stereocenters. The predicted molar refractivity (Wildman–Crippen MR) is 87.3 cm³/mol. The Hall–Kier alpha value is -2.37. The quantitative estimate of drug-likeness (QED) is 0.862. The molecule has 1 aromatic carbocycles. The van der Waals surface area contributed by atoms with Crippen molar-refractivity contribution in [3.05, 3.63) is 30.2 Å². The predicted octanol–water partition coefficient (Wildman–Crippen LogP) is 3.21. The van der Waals surface area contributed by atoms with Crippen molar-refractivity contribution in [1.82, 2.24) is 15.0 Å². The van der Waals surface area contributed by atoms with Gasteiger partial charge in [0.25, 0.3) is 0 Å². The van der Waals surface area contributed by atoms with E-state index in [1.807, 2.05) is 29.2 Å². The molecule has 6 heteroatoms. The molecule has 2 aliphatic rings. The van der Waals surface area contributed by atoms with Crippen LogP contribution in [0.1, 0.15) is 44.0 Å². The zero-order chi connectivity index (χ0) is 16.5. The smallest absolute Gasteiger partial charge is 0.249 e. The Morgan fingerprint density at radius 1 is 1.25 bits per heavy atom. The van der Waals surface area contributed by atoms with E-state index in [-0.39, 0.29) is 17.9 Å². The van der Waals surface area contributed by atoms with Crippen LogP contribution in [0.4, 0.5) is 0 Å². The van der Waals surface area contributed by atoms with Gasteiger partial charge < -0.3 is 14.2 Å². The van der Waals surface area contributed by atoms with Crippen LogP contribution in [0.2, 0.25) is 0 Å². The van der Waals surface area contributed by atoms with Gasteiger partial charge in [0.15, 0.2) is 0 Å². The summed E-state index contributed by atoms with van der Waals surface area (Å²) in [4.78, 5) is 19.1. The normalized spacial score (nSPS) is 20.9. The van der Waals surface area contributed by atoms with Gasteiger partial charge in [0.1, 0.15) is 11.8 Å². The molecule has 0 bridgehead atoms. The Bertz CT molecular complexity index is 739. The zero-order valence-corrected chi connectivity index (χ0v) is 13.8. The molecule has 1 aromatic heterocycles. The van der Waals surface area contributed by atoms with Crippen molar-refractivity contribution in [3.63, 3.8) is 0 Å². The molecule has 4 rings (SSSR count). The lowest BCUT2D eigenvalue weighted by atomic mass is 9.84. The Kier molecular flexibility index (Phi) is 3.96. The third-order valence-electron chi connectivity index (χ3n) is 5.06. The molecule has 6 nitrogen and oxygen atoms in total. The first-order valence-electron chi connectivity index (χ1n) is 8.55. The third-order valence-corrected chi connectivity index (χ3v) is 5.06. The molecule has 24 heavy (non-hydrogen) atoms. The minimum atomic E-state index is -0.0888. The summed E-state index contributed by atoms with van der Waals surface area (Å²) in [5.41, 5.74) is 0.796. The third kappa shape index (κ3) is 2.56. The van der Waals surface area contributed by atoms with Gasteiger partial charge in [-0.15, -0.1) is 0 Å². The fraction of sp³-hybridized carbons (Fsp3) is 0.500. The van der Waals surface area contributed by atoms with Crippen LogP contribution in [0, 0.1) is 5.92 Å². The molecule has 2 fully saturated rings. The number of benzene rings is 1. The molecule has 0 spiro atoms. The number of likely N-dealkylation sites (tertiary alicyclic amines) is 1. The zero-order valence-electron chi connectivity index (χ0n) is 13.8. The SMILES string of the molecule is COc1ccccc1-c1noc([C@@H]2CCCN2C(=O)C2CCC2)n1. The Morgan fingerprint density at radius 3 is 2.83 bits per heavy atom. The van der Waals surface area contributed by atoms with E-state index in [0.717, 1.165) is 44.2 Å². The molecule has 126 valence electrons. The molecule has 1 aliphatic heterocycles. The molecule has 1 aliphatic carbocycles. The lowest BCUT2D eigenvalue weighted by Gasteiger charge is -2.31. The molecule has 1 saturated heterocycles. The van der Waals surface area contributed by atoms with Crippen LogP contribution in [-0.2, 0) is 4.79 Å². The number of hydrogen-bond donors (Lipinski definition) is 0. The van der Waals surface area contributed by atoms with Crippen LogP contribution >= 0.6 is 0 Å². The standard InChI is InChI=1S/C18H21N3O3/c1-23-15-10-3-2-8-13(15)16-19-17(24-20-16)14-9-5-11-21(14)18(22)12-6-4-7-12/h2-3,8,10,12,14H,4-7,9,11H2,1H3/t14-/m0/s1. The van der Waals surface area contributed by atoms with Gasteiger partial charge in [-0.25, -0.2) is 0 Å². The topological polar surface area (TPSA) is 68.5 Å². The highest BCUT2D eigenvalue weighted by Gasteiger charge is 2.38. The second-order valence-electron chi connectivity index (χ2n) is 6.47. The van der Waals surface area contributed by atoms with E-state index in [1.165, 1.54) is 0 Å². The van der Waals surface area contributed by atoms with Gasteiger partial charge in [-0.1, -0.05) is 23.7 Å². The second-order valence-corrected chi connectivity index (χ2v) is 6.47. The van der Waals surface area contributed by atoms with Crippen LogP contribution in [-0.4, -0.2) is 34.6 Å². The van der Waals surface area contributed by atoms with Gasteiger partial charge in [-0.2, -0.15) is 4.98 Å². The number of para-hydroxylation sites is 1. The fourth-order valence-corrected chi connectivity index (χ4v) is 3.49. The molecule has 2 aromatic rings. The Morgan fingerprint density at radius 2 is 2.08 bits per heavy atom. The first-order chi connectivity index (χ1) is 11.8. The number of nitrogens with zero attached hydrogens (tertiary/aromatic N) is 3. The molecular weight excluding hydrogens is 306 g/mol. The van der Waals surface area contributed by atoms with E-state index in [1.54, 1.807) is 7.11 Å². The van der Waals surface area contributed by atoms with Crippen LogP contribution in [0.5, 0.6) is 5.75 Å². The number of methoxy groups -OCH3 is 1. The Labute approximate surface area is 140 Å². The summed E-state index contributed by atoms with van der Waals surface area (Å²) in [6, 6.07) is 7.50. The van der Waals surface area contributed by atoms with E-state index in [9.17, 15) is 4.79 Å². The summed E-state index contributed by atoms with van der Waals surface area (Å²) < 4.78 is 10.9. The highest BCUT2D eigenvalue weighted by molar-refractivity contribution is 5.80. The number of carbonyl (C=O) groups is 1.